The van der Waals surface area contributed by atoms with Gasteiger partial charge in [-0.2, -0.15) is 5.26 Å². The molecule has 1 rings (SSSR count). The highest BCUT2D eigenvalue weighted by atomic mass is 16.1. The van der Waals surface area contributed by atoms with Crippen LogP contribution >= 0.6 is 0 Å². The van der Waals surface area contributed by atoms with Crippen molar-refractivity contribution in [3.05, 3.63) is 48.6 Å². The maximum absolute atomic E-state index is 11.8. The molecule has 1 aromatic carbocycles. The standard InChI is InChI=1S/C13H14N2O/c1-3-10(2)15-13(16)12(9-14)11-7-5-4-6-8-11/h3-8,10,12H,1H2,2H3,(H,15,16). The lowest BCUT2D eigenvalue weighted by atomic mass is 9.99. The van der Waals surface area contributed by atoms with E-state index in [1.807, 2.05) is 31.2 Å². The number of carbonyl (C=O) groups excluding carboxylic acids is 1. The highest BCUT2D eigenvalue weighted by Crippen LogP contribution is 2.14. The van der Waals surface area contributed by atoms with Crippen molar-refractivity contribution < 1.29 is 4.79 Å². The lowest BCUT2D eigenvalue weighted by Gasteiger charge is -2.13. The third-order valence-electron chi connectivity index (χ3n) is 2.25. The Morgan fingerprint density at radius 2 is 2.12 bits per heavy atom. The zero-order valence-corrected chi connectivity index (χ0v) is 9.18. The van der Waals surface area contributed by atoms with E-state index >= 15 is 0 Å². The van der Waals surface area contributed by atoms with Crippen molar-refractivity contribution in [2.24, 2.45) is 0 Å². The second-order valence-electron chi connectivity index (χ2n) is 3.51. The molecule has 1 aromatic rings. The second kappa shape index (κ2) is 5.72. The highest BCUT2D eigenvalue weighted by molar-refractivity contribution is 5.86. The minimum absolute atomic E-state index is 0.132. The Hall–Kier alpha value is -2.08. The van der Waals surface area contributed by atoms with Gasteiger partial charge in [-0.3, -0.25) is 4.79 Å². The summed E-state index contributed by atoms with van der Waals surface area (Å²) < 4.78 is 0. The first kappa shape index (κ1) is 12.0. The van der Waals surface area contributed by atoms with Crippen molar-refractivity contribution in [1.29, 1.82) is 5.26 Å². The summed E-state index contributed by atoms with van der Waals surface area (Å²) in [5, 5.41) is 11.7. The SMILES string of the molecule is C=CC(C)NC(=O)C(C#N)c1ccccc1. The van der Waals surface area contributed by atoms with E-state index in [-0.39, 0.29) is 11.9 Å². The zero-order valence-electron chi connectivity index (χ0n) is 9.18. The number of hydrogen-bond acceptors (Lipinski definition) is 2. The van der Waals surface area contributed by atoms with Gasteiger partial charge in [0.05, 0.1) is 6.07 Å². The van der Waals surface area contributed by atoms with E-state index in [9.17, 15) is 4.79 Å². The monoisotopic (exact) mass is 214 g/mol. The van der Waals surface area contributed by atoms with Gasteiger partial charge in [0.15, 0.2) is 0 Å². The second-order valence-corrected chi connectivity index (χ2v) is 3.51. The molecule has 0 spiro atoms. The van der Waals surface area contributed by atoms with Crippen LogP contribution in [0, 0.1) is 11.3 Å². The van der Waals surface area contributed by atoms with E-state index in [1.54, 1.807) is 18.2 Å². The van der Waals surface area contributed by atoms with Crippen molar-refractivity contribution >= 4 is 5.91 Å². The summed E-state index contributed by atoms with van der Waals surface area (Å²) in [5.41, 5.74) is 0.707. The molecule has 0 heterocycles. The van der Waals surface area contributed by atoms with Crippen LogP contribution in [-0.4, -0.2) is 11.9 Å². The van der Waals surface area contributed by atoms with E-state index in [2.05, 4.69) is 11.9 Å². The van der Waals surface area contributed by atoms with Crippen molar-refractivity contribution in [3.63, 3.8) is 0 Å². The number of amides is 1. The fraction of sp³-hybridized carbons (Fsp3) is 0.231. The lowest BCUT2D eigenvalue weighted by Crippen LogP contribution is -2.34. The van der Waals surface area contributed by atoms with Crippen LogP contribution in [0.15, 0.2) is 43.0 Å². The summed E-state index contributed by atoms with van der Waals surface area (Å²) in [6, 6.07) is 10.9. The molecule has 0 aliphatic heterocycles. The molecule has 1 N–H and O–H groups in total. The summed E-state index contributed by atoms with van der Waals surface area (Å²) in [4.78, 5) is 11.8. The van der Waals surface area contributed by atoms with Gasteiger partial charge in [0.2, 0.25) is 5.91 Å². The van der Waals surface area contributed by atoms with E-state index in [1.165, 1.54) is 0 Å². The first-order valence-corrected chi connectivity index (χ1v) is 5.06. The van der Waals surface area contributed by atoms with Crippen LogP contribution in [0.4, 0.5) is 0 Å². The predicted molar refractivity (Wildman–Crippen MR) is 62.6 cm³/mol. The summed E-state index contributed by atoms with van der Waals surface area (Å²) in [7, 11) is 0. The molecule has 0 saturated carbocycles. The molecule has 0 aliphatic carbocycles. The van der Waals surface area contributed by atoms with Crippen molar-refractivity contribution in [3.8, 4) is 6.07 Å². The molecule has 0 bridgehead atoms. The van der Waals surface area contributed by atoms with Crippen LogP contribution in [0.3, 0.4) is 0 Å². The van der Waals surface area contributed by atoms with Crippen LogP contribution in [0.5, 0.6) is 0 Å². The van der Waals surface area contributed by atoms with Crippen LogP contribution in [0.2, 0.25) is 0 Å². The summed E-state index contributed by atoms with van der Waals surface area (Å²) in [6.07, 6.45) is 1.62. The Bertz CT molecular complexity index is 406. The summed E-state index contributed by atoms with van der Waals surface area (Å²) in [6.45, 7) is 5.38. The molecule has 0 fully saturated rings. The Labute approximate surface area is 95.4 Å². The quantitative estimate of drug-likeness (QED) is 0.779. The molecule has 3 nitrogen and oxygen atoms in total. The first-order chi connectivity index (χ1) is 7.69. The molecule has 3 heteroatoms. The van der Waals surface area contributed by atoms with Crippen molar-refractivity contribution in [1.82, 2.24) is 5.32 Å². The summed E-state index contributed by atoms with van der Waals surface area (Å²) >= 11 is 0. The lowest BCUT2D eigenvalue weighted by molar-refractivity contribution is -0.121. The van der Waals surface area contributed by atoms with Crippen LogP contribution in [-0.2, 0) is 4.79 Å². The number of nitriles is 1. The number of nitrogens with one attached hydrogen (secondary N) is 1. The Balaban J connectivity index is 2.80. The molecule has 0 aromatic heterocycles. The molecule has 2 atom stereocenters. The van der Waals surface area contributed by atoms with Gasteiger partial charge in [-0.25, -0.2) is 0 Å². The smallest absolute Gasteiger partial charge is 0.242 e. The van der Waals surface area contributed by atoms with Gasteiger partial charge in [0, 0.05) is 6.04 Å². The third kappa shape index (κ3) is 2.96. The average molecular weight is 214 g/mol. The van der Waals surface area contributed by atoms with E-state index < -0.39 is 5.92 Å². The minimum atomic E-state index is -0.761. The number of hydrogen-bond donors (Lipinski definition) is 1. The number of benzene rings is 1. The van der Waals surface area contributed by atoms with Gasteiger partial charge in [0.25, 0.3) is 0 Å². The molecule has 2 unspecified atom stereocenters. The molecule has 0 aliphatic rings. The highest BCUT2D eigenvalue weighted by Gasteiger charge is 2.20. The van der Waals surface area contributed by atoms with Gasteiger partial charge < -0.3 is 5.32 Å². The van der Waals surface area contributed by atoms with Gasteiger partial charge >= 0.3 is 0 Å². The van der Waals surface area contributed by atoms with Crippen LogP contribution < -0.4 is 5.32 Å². The zero-order chi connectivity index (χ0) is 12.0. The third-order valence-corrected chi connectivity index (χ3v) is 2.25. The largest absolute Gasteiger partial charge is 0.349 e. The molecule has 16 heavy (non-hydrogen) atoms. The molecule has 82 valence electrons. The van der Waals surface area contributed by atoms with Crippen LogP contribution in [0.1, 0.15) is 18.4 Å². The van der Waals surface area contributed by atoms with Crippen LogP contribution in [0.25, 0.3) is 0 Å². The Morgan fingerprint density at radius 1 is 1.50 bits per heavy atom. The van der Waals surface area contributed by atoms with Gasteiger partial charge in [-0.1, -0.05) is 36.4 Å². The predicted octanol–water partition coefficient (Wildman–Crippen LogP) is 1.98. The van der Waals surface area contributed by atoms with Crippen molar-refractivity contribution in [2.45, 2.75) is 18.9 Å². The van der Waals surface area contributed by atoms with E-state index in [0.717, 1.165) is 0 Å². The number of nitrogens with zero attached hydrogens (tertiary/aromatic N) is 1. The number of rotatable bonds is 4. The topological polar surface area (TPSA) is 52.9 Å². The fourth-order valence-corrected chi connectivity index (χ4v) is 1.30. The Kier molecular flexibility index (Phi) is 4.28. The molecule has 0 radical (unpaired) electrons. The first-order valence-electron chi connectivity index (χ1n) is 5.06. The fourth-order valence-electron chi connectivity index (χ4n) is 1.30. The molecular formula is C13H14N2O. The van der Waals surface area contributed by atoms with E-state index in [4.69, 9.17) is 5.26 Å². The molecule has 0 saturated heterocycles. The normalized spacial score (nSPS) is 13.2. The van der Waals surface area contributed by atoms with Gasteiger partial charge in [-0.15, -0.1) is 6.58 Å². The van der Waals surface area contributed by atoms with Gasteiger partial charge in [0.1, 0.15) is 5.92 Å². The maximum atomic E-state index is 11.8. The average Bonchev–Trinajstić information content (AvgIpc) is 2.31. The van der Waals surface area contributed by atoms with Crippen molar-refractivity contribution in [2.75, 3.05) is 0 Å². The van der Waals surface area contributed by atoms with E-state index in [0.29, 0.717) is 5.56 Å². The molecule has 1 amide bonds. The maximum Gasteiger partial charge on any atom is 0.242 e. The minimum Gasteiger partial charge on any atom is -0.349 e. The van der Waals surface area contributed by atoms with Gasteiger partial charge in [-0.05, 0) is 12.5 Å². The number of carbonyl (C=O) groups is 1. The summed E-state index contributed by atoms with van der Waals surface area (Å²) in [5.74, 6) is -1.05. The Morgan fingerprint density at radius 3 is 2.62 bits per heavy atom. The molecular weight excluding hydrogens is 200 g/mol.